The number of thiophene rings is 1. The van der Waals surface area contributed by atoms with E-state index in [2.05, 4.69) is 10.4 Å². The summed E-state index contributed by atoms with van der Waals surface area (Å²) < 4.78 is 24.4. The maximum Gasteiger partial charge on any atom is 0.412 e. The quantitative estimate of drug-likeness (QED) is 0.654. The van der Waals surface area contributed by atoms with Crippen LogP contribution in [-0.4, -0.2) is 35.1 Å². The number of fused-ring (bicyclic) bond motifs is 1. The van der Waals surface area contributed by atoms with Gasteiger partial charge in [-0.3, -0.25) is 10.1 Å². The topological polar surface area (TPSA) is 99.5 Å². The Hall–Kier alpha value is -3.27. The maximum atomic E-state index is 13.6. The number of hydrogen-bond acceptors (Lipinski definition) is 7. The third-order valence-corrected chi connectivity index (χ3v) is 4.56. The highest BCUT2D eigenvalue weighted by atomic mass is 32.1. The predicted molar refractivity (Wildman–Crippen MR) is 102 cm³/mol. The first-order valence-corrected chi connectivity index (χ1v) is 9.25. The molecule has 0 fully saturated rings. The maximum absolute atomic E-state index is 13.6. The second kappa shape index (κ2) is 8.17. The molecule has 0 unspecified atom stereocenters. The molecule has 8 nitrogen and oxygen atoms in total. The van der Waals surface area contributed by atoms with Gasteiger partial charge < -0.3 is 9.47 Å². The molecule has 0 saturated carbocycles. The van der Waals surface area contributed by atoms with Crippen LogP contribution in [0.1, 0.15) is 24.3 Å². The second-order valence-electron chi connectivity index (χ2n) is 5.46. The third-order valence-electron chi connectivity index (χ3n) is 3.66. The Morgan fingerprint density at radius 1 is 1.25 bits per heavy atom. The fourth-order valence-corrected chi connectivity index (χ4v) is 3.46. The Labute approximate surface area is 162 Å². The van der Waals surface area contributed by atoms with E-state index in [9.17, 15) is 18.8 Å². The van der Waals surface area contributed by atoms with Crippen molar-refractivity contribution in [3.8, 4) is 5.69 Å². The molecule has 0 saturated heterocycles. The first-order chi connectivity index (χ1) is 13.5. The third kappa shape index (κ3) is 3.72. The Morgan fingerprint density at radius 3 is 2.68 bits per heavy atom. The Morgan fingerprint density at radius 2 is 2.00 bits per heavy atom. The molecule has 10 heteroatoms. The van der Waals surface area contributed by atoms with Crippen LogP contribution in [0.2, 0.25) is 0 Å². The van der Waals surface area contributed by atoms with Crippen LogP contribution in [0.15, 0.2) is 34.4 Å². The van der Waals surface area contributed by atoms with E-state index in [-0.39, 0.29) is 40.4 Å². The molecule has 3 rings (SSSR count). The van der Waals surface area contributed by atoms with Gasteiger partial charge in [0.2, 0.25) is 0 Å². The van der Waals surface area contributed by atoms with Crippen molar-refractivity contribution < 1.29 is 23.5 Å². The van der Waals surface area contributed by atoms with Crippen LogP contribution >= 0.6 is 11.3 Å². The van der Waals surface area contributed by atoms with E-state index < -0.39 is 23.4 Å². The van der Waals surface area contributed by atoms with E-state index in [1.807, 2.05) is 0 Å². The number of carbonyl (C=O) groups is 2. The molecule has 0 aliphatic heterocycles. The van der Waals surface area contributed by atoms with Gasteiger partial charge >= 0.3 is 12.1 Å². The average molecular weight is 405 g/mol. The van der Waals surface area contributed by atoms with E-state index in [1.54, 1.807) is 13.8 Å². The van der Waals surface area contributed by atoms with Gasteiger partial charge in [-0.15, -0.1) is 11.3 Å². The van der Waals surface area contributed by atoms with Gasteiger partial charge in [-0.25, -0.2) is 14.0 Å². The lowest BCUT2D eigenvalue weighted by atomic mass is 10.2. The summed E-state index contributed by atoms with van der Waals surface area (Å²) in [6.45, 7) is 3.54. The summed E-state index contributed by atoms with van der Waals surface area (Å²) in [4.78, 5) is 37.2. The summed E-state index contributed by atoms with van der Waals surface area (Å²) in [5, 5.41) is 8.57. The molecule has 0 radical (unpaired) electrons. The van der Waals surface area contributed by atoms with Crippen LogP contribution in [-0.2, 0) is 9.47 Å². The normalized spacial score (nSPS) is 10.7. The van der Waals surface area contributed by atoms with Crippen molar-refractivity contribution in [1.82, 2.24) is 9.78 Å². The minimum atomic E-state index is -0.738. The van der Waals surface area contributed by atoms with E-state index in [4.69, 9.17) is 9.47 Å². The monoisotopic (exact) mass is 405 g/mol. The van der Waals surface area contributed by atoms with Gasteiger partial charge in [0.25, 0.3) is 5.56 Å². The fourth-order valence-electron chi connectivity index (χ4n) is 2.53. The van der Waals surface area contributed by atoms with Crippen LogP contribution in [0.25, 0.3) is 16.5 Å². The highest BCUT2D eigenvalue weighted by molar-refractivity contribution is 7.16. The lowest BCUT2D eigenvalue weighted by molar-refractivity contribution is 0.0520. The van der Waals surface area contributed by atoms with Crippen molar-refractivity contribution in [3.05, 3.63) is 51.5 Å². The average Bonchev–Trinajstić information content (AvgIpc) is 3.06. The molecule has 2 aromatic heterocycles. The Bertz CT molecular complexity index is 1110. The summed E-state index contributed by atoms with van der Waals surface area (Å²) in [6, 6.07) is 5.22. The van der Waals surface area contributed by atoms with Crippen LogP contribution in [0.3, 0.4) is 0 Å². The van der Waals surface area contributed by atoms with E-state index in [0.717, 1.165) is 22.1 Å². The number of carbonyl (C=O) groups excluding carboxylic acids is 2. The zero-order valence-corrected chi connectivity index (χ0v) is 15.8. The molecule has 0 spiro atoms. The van der Waals surface area contributed by atoms with E-state index in [1.165, 1.54) is 23.6 Å². The summed E-state index contributed by atoms with van der Waals surface area (Å²) in [6.07, 6.45) is -0.738. The molecule has 0 aliphatic carbocycles. The summed E-state index contributed by atoms with van der Waals surface area (Å²) >= 11 is 1.04. The lowest BCUT2D eigenvalue weighted by Gasteiger charge is -2.10. The van der Waals surface area contributed by atoms with Crippen LogP contribution in [0.4, 0.5) is 14.2 Å². The van der Waals surface area contributed by atoms with Crippen molar-refractivity contribution in [3.63, 3.8) is 0 Å². The smallest absolute Gasteiger partial charge is 0.412 e. The Kier molecular flexibility index (Phi) is 5.69. The summed E-state index contributed by atoms with van der Waals surface area (Å²) in [7, 11) is 0. The van der Waals surface area contributed by atoms with Gasteiger partial charge in [-0.2, -0.15) is 9.78 Å². The molecule has 0 aliphatic rings. The minimum absolute atomic E-state index is 0.0559. The highest BCUT2D eigenvalue weighted by Gasteiger charge is 2.23. The largest absolute Gasteiger partial charge is 0.461 e. The van der Waals surface area contributed by atoms with Crippen LogP contribution in [0.5, 0.6) is 0 Å². The molecule has 2 heterocycles. The van der Waals surface area contributed by atoms with Gasteiger partial charge in [0, 0.05) is 10.8 Å². The summed E-state index contributed by atoms with van der Waals surface area (Å²) in [5.41, 5.74) is -0.610. The number of nitrogens with one attached hydrogen (secondary N) is 1. The number of halogens is 1. The lowest BCUT2D eigenvalue weighted by Crippen LogP contribution is -2.25. The minimum Gasteiger partial charge on any atom is -0.461 e. The van der Waals surface area contributed by atoms with Gasteiger partial charge in [0.1, 0.15) is 10.8 Å². The first-order valence-electron chi connectivity index (χ1n) is 8.37. The van der Waals surface area contributed by atoms with E-state index >= 15 is 0 Å². The highest BCUT2D eigenvalue weighted by Crippen LogP contribution is 2.30. The number of esters is 1. The molecule has 0 atom stereocenters. The van der Waals surface area contributed by atoms with Crippen molar-refractivity contribution >= 4 is 39.2 Å². The number of anilines is 1. The zero-order chi connectivity index (χ0) is 20.3. The molecular weight excluding hydrogens is 389 g/mol. The molecule has 3 aromatic rings. The number of amides is 1. The number of aromatic nitrogens is 2. The first kappa shape index (κ1) is 19.5. The molecule has 28 heavy (non-hydrogen) atoms. The van der Waals surface area contributed by atoms with Gasteiger partial charge in [-0.05, 0) is 32.0 Å². The van der Waals surface area contributed by atoms with Crippen molar-refractivity contribution in [2.75, 3.05) is 18.5 Å². The van der Waals surface area contributed by atoms with Crippen LogP contribution < -0.4 is 10.9 Å². The van der Waals surface area contributed by atoms with Gasteiger partial charge in [0.05, 0.1) is 24.3 Å². The number of hydrogen-bond donors (Lipinski definition) is 1. The molecular formula is C18H16FN3O5S. The number of benzene rings is 1. The molecule has 146 valence electrons. The number of ether oxygens (including phenoxy) is 2. The second-order valence-corrected chi connectivity index (χ2v) is 6.34. The standard InChI is InChI=1S/C18H16FN3O5S/c1-3-26-17(24)14-12-9-28-15(20-18(25)27-4-2)13(12)16(23)22(21-14)11-7-5-6-10(19)8-11/h5-9H,3-4H2,1-2H3,(H,20,25). The molecule has 1 amide bonds. The summed E-state index contributed by atoms with van der Waals surface area (Å²) in [5.74, 6) is -1.31. The number of rotatable bonds is 5. The van der Waals surface area contributed by atoms with Crippen molar-refractivity contribution in [2.45, 2.75) is 13.8 Å². The molecule has 1 N–H and O–H groups in total. The Balaban J connectivity index is 2.26. The SMILES string of the molecule is CCOC(=O)Nc1scc2c(C(=O)OCC)nn(-c3cccc(F)c3)c(=O)c12. The number of nitrogens with zero attached hydrogens (tertiary/aromatic N) is 2. The van der Waals surface area contributed by atoms with Crippen molar-refractivity contribution in [1.29, 1.82) is 0 Å². The zero-order valence-electron chi connectivity index (χ0n) is 15.0. The van der Waals surface area contributed by atoms with Gasteiger partial charge in [-0.1, -0.05) is 6.07 Å². The molecule has 1 aromatic carbocycles. The molecule has 0 bridgehead atoms. The fraction of sp³-hybridized carbons (Fsp3) is 0.222. The van der Waals surface area contributed by atoms with E-state index in [0.29, 0.717) is 0 Å². The van der Waals surface area contributed by atoms with Crippen LogP contribution in [0, 0.1) is 5.82 Å². The van der Waals surface area contributed by atoms with Crippen molar-refractivity contribution in [2.24, 2.45) is 0 Å². The predicted octanol–water partition coefficient (Wildman–Crippen LogP) is 3.33. The van der Waals surface area contributed by atoms with Gasteiger partial charge in [0.15, 0.2) is 5.69 Å².